The zero-order valence-electron chi connectivity index (χ0n) is 19.6. The number of benzene rings is 2. The monoisotopic (exact) mass is 466 g/mol. The zero-order valence-corrected chi connectivity index (χ0v) is 19.6. The number of hydrogen-bond acceptors (Lipinski definition) is 6. The predicted octanol–water partition coefficient (Wildman–Crippen LogP) is 5.90. The first kappa shape index (κ1) is 21.1. The molecule has 2 aromatic carbocycles. The third kappa shape index (κ3) is 3.45. The van der Waals surface area contributed by atoms with Crippen LogP contribution in [-0.2, 0) is 13.6 Å². The van der Waals surface area contributed by atoms with Crippen LogP contribution in [-0.4, -0.2) is 26.6 Å². The number of ether oxygens (including phenoxy) is 1. The molecule has 0 spiro atoms. The summed E-state index contributed by atoms with van der Waals surface area (Å²) in [6.45, 7) is 2.49. The zero-order chi connectivity index (χ0) is 24.1. The molecule has 0 radical (unpaired) electrons. The van der Waals surface area contributed by atoms with E-state index in [0.29, 0.717) is 23.9 Å². The standard InChI is InChI=1S/C27H23FN6O/c1-15-5-4-6-22(33-15)35-18-8-9-19-17(11-18)13-30-26-24-23(19)25(34(3)27(24)32-14-31-26)16-7-10-21(29-2)20(28)12-16/h4-12,14,29H,13H2,1-3H3,(H,30,31,32). The SMILES string of the molecule is CNc1ccc(-c2c3c4c(ncnc4n2C)NCc2cc(Oc4cccc(C)n4)ccc2-3)cc1F. The Morgan fingerprint density at radius 3 is 2.77 bits per heavy atom. The van der Waals surface area contributed by atoms with Crippen LogP contribution in [0.2, 0.25) is 0 Å². The molecular formula is C27H23FN6O. The van der Waals surface area contributed by atoms with E-state index in [9.17, 15) is 4.39 Å². The van der Waals surface area contributed by atoms with Crippen molar-refractivity contribution in [2.24, 2.45) is 7.05 Å². The van der Waals surface area contributed by atoms with Crippen LogP contribution in [0.3, 0.4) is 0 Å². The molecule has 0 saturated heterocycles. The van der Waals surface area contributed by atoms with E-state index in [4.69, 9.17) is 4.74 Å². The third-order valence-electron chi connectivity index (χ3n) is 6.36. The highest BCUT2D eigenvalue weighted by atomic mass is 19.1. The molecule has 0 atom stereocenters. The molecule has 7 nitrogen and oxygen atoms in total. The van der Waals surface area contributed by atoms with Crippen LogP contribution in [0.5, 0.6) is 11.6 Å². The van der Waals surface area contributed by atoms with Gasteiger partial charge in [0.2, 0.25) is 5.88 Å². The summed E-state index contributed by atoms with van der Waals surface area (Å²) in [4.78, 5) is 13.5. The maximum absolute atomic E-state index is 14.8. The highest BCUT2D eigenvalue weighted by molar-refractivity contribution is 6.09. The maximum atomic E-state index is 14.8. The summed E-state index contributed by atoms with van der Waals surface area (Å²) in [7, 11) is 3.66. The van der Waals surface area contributed by atoms with Gasteiger partial charge in [-0.1, -0.05) is 18.2 Å². The quantitative estimate of drug-likeness (QED) is 0.343. The minimum Gasteiger partial charge on any atom is -0.439 e. The van der Waals surface area contributed by atoms with Crippen LogP contribution in [0.25, 0.3) is 33.4 Å². The van der Waals surface area contributed by atoms with Crippen molar-refractivity contribution in [3.63, 3.8) is 0 Å². The number of nitrogens with zero attached hydrogens (tertiary/aromatic N) is 4. The molecule has 0 bridgehead atoms. The Kier molecular flexibility index (Phi) is 4.88. The van der Waals surface area contributed by atoms with Gasteiger partial charge >= 0.3 is 0 Å². The van der Waals surface area contributed by atoms with Crippen molar-refractivity contribution in [2.75, 3.05) is 17.7 Å². The molecule has 8 heteroatoms. The second-order valence-corrected chi connectivity index (χ2v) is 8.54. The van der Waals surface area contributed by atoms with Gasteiger partial charge < -0.3 is 19.9 Å². The number of fused-ring (bicyclic) bond motifs is 2. The molecule has 35 heavy (non-hydrogen) atoms. The number of pyridine rings is 1. The minimum atomic E-state index is -0.310. The van der Waals surface area contributed by atoms with Crippen LogP contribution in [0.4, 0.5) is 15.9 Å². The molecule has 174 valence electrons. The molecule has 0 amide bonds. The van der Waals surface area contributed by atoms with E-state index in [1.165, 1.54) is 0 Å². The van der Waals surface area contributed by atoms with Gasteiger partial charge in [-0.25, -0.2) is 19.3 Å². The Bertz CT molecular complexity index is 1610. The molecule has 5 aromatic rings. The Balaban J connectivity index is 1.55. The summed E-state index contributed by atoms with van der Waals surface area (Å²) in [5, 5.41) is 7.25. The van der Waals surface area contributed by atoms with E-state index in [1.807, 2.05) is 61.0 Å². The Morgan fingerprint density at radius 1 is 1.09 bits per heavy atom. The van der Waals surface area contributed by atoms with Crippen molar-refractivity contribution in [3.8, 4) is 34.0 Å². The van der Waals surface area contributed by atoms with Crippen molar-refractivity contribution < 1.29 is 9.13 Å². The van der Waals surface area contributed by atoms with E-state index in [-0.39, 0.29) is 5.82 Å². The number of nitrogens with one attached hydrogen (secondary N) is 2. The number of rotatable bonds is 4. The van der Waals surface area contributed by atoms with E-state index < -0.39 is 0 Å². The summed E-state index contributed by atoms with van der Waals surface area (Å²) in [6, 6.07) is 16.9. The van der Waals surface area contributed by atoms with Crippen molar-refractivity contribution in [2.45, 2.75) is 13.5 Å². The van der Waals surface area contributed by atoms with E-state index in [0.717, 1.165) is 50.5 Å². The van der Waals surface area contributed by atoms with Crippen molar-refractivity contribution >= 4 is 22.5 Å². The topological polar surface area (TPSA) is 76.9 Å². The Morgan fingerprint density at radius 2 is 1.97 bits per heavy atom. The van der Waals surface area contributed by atoms with Crippen molar-refractivity contribution in [1.29, 1.82) is 0 Å². The molecule has 4 heterocycles. The summed E-state index contributed by atoms with van der Waals surface area (Å²) in [6.07, 6.45) is 1.55. The third-order valence-corrected chi connectivity index (χ3v) is 6.36. The molecule has 0 fully saturated rings. The summed E-state index contributed by atoms with van der Waals surface area (Å²) in [5.74, 6) is 1.68. The van der Waals surface area contributed by atoms with Gasteiger partial charge in [0.05, 0.1) is 16.8 Å². The van der Waals surface area contributed by atoms with Crippen LogP contribution in [0, 0.1) is 12.7 Å². The lowest BCUT2D eigenvalue weighted by atomic mass is 9.95. The second-order valence-electron chi connectivity index (χ2n) is 8.54. The molecule has 1 aliphatic rings. The fourth-order valence-electron chi connectivity index (χ4n) is 4.75. The molecule has 1 aliphatic heterocycles. The molecule has 6 rings (SSSR count). The van der Waals surface area contributed by atoms with Crippen LogP contribution in [0.15, 0.2) is 60.9 Å². The van der Waals surface area contributed by atoms with Crippen LogP contribution in [0.1, 0.15) is 11.3 Å². The molecule has 0 aliphatic carbocycles. The van der Waals surface area contributed by atoms with Gasteiger partial charge in [0, 0.05) is 43.5 Å². The highest BCUT2D eigenvalue weighted by Gasteiger charge is 2.27. The van der Waals surface area contributed by atoms with Gasteiger partial charge in [0.1, 0.15) is 29.4 Å². The van der Waals surface area contributed by atoms with Crippen molar-refractivity contribution in [1.82, 2.24) is 19.5 Å². The van der Waals surface area contributed by atoms with Gasteiger partial charge in [-0.15, -0.1) is 0 Å². The number of hydrogen-bond donors (Lipinski definition) is 2. The first-order chi connectivity index (χ1) is 17.0. The van der Waals surface area contributed by atoms with Gasteiger partial charge in [0.15, 0.2) is 0 Å². The molecule has 2 N–H and O–H groups in total. The summed E-state index contributed by atoms with van der Waals surface area (Å²) in [5.41, 5.74) is 6.79. The maximum Gasteiger partial charge on any atom is 0.219 e. The molecule has 0 saturated carbocycles. The van der Waals surface area contributed by atoms with Gasteiger partial charge in [-0.05, 0) is 48.4 Å². The fraction of sp³-hybridized carbons (Fsp3) is 0.148. The number of aryl methyl sites for hydroxylation is 2. The van der Waals surface area contributed by atoms with Crippen LogP contribution >= 0.6 is 0 Å². The number of halogens is 1. The lowest BCUT2D eigenvalue weighted by Gasteiger charge is -2.14. The first-order valence-electron chi connectivity index (χ1n) is 11.3. The Hall–Kier alpha value is -4.46. The normalized spacial score (nSPS) is 12.1. The summed E-state index contributed by atoms with van der Waals surface area (Å²) < 4.78 is 22.8. The number of anilines is 2. The van der Waals surface area contributed by atoms with Gasteiger partial charge in [-0.2, -0.15) is 0 Å². The van der Waals surface area contributed by atoms with Gasteiger partial charge in [-0.3, -0.25) is 0 Å². The van der Waals surface area contributed by atoms with Gasteiger partial charge in [0.25, 0.3) is 0 Å². The van der Waals surface area contributed by atoms with Crippen molar-refractivity contribution in [3.05, 3.63) is 78.0 Å². The number of aromatic nitrogens is 4. The fourth-order valence-corrected chi connectivity index (χ4v) is 4.75. The molecule has 0 unspecified atom stereocenters. The van der Waals surface area contributed by atoms with E-state index in [1.54, 1.807) is 25.5 Å². The average Bonchev–Trinajstić information content (AvgIpc) is 3.05. The summed E-state index contributed by atoms with van der Waals surface area (Å²) >= 11 is 0. The molecular weight excluding hydrogens is 443 g/mol. The lowest BCUT2D eigenvalue weighted by Crippen LogP contribution is -2.03. The largest absolute Gasteiger partial charge is 0.439 e. The average molecular weight is 467 g/mol. The second kappa shape index (κ2) is 8.09. The highest BCUT2D eigenvalue weighted by Crippen LogP contribution is 2.46. The lowest BCUT2D eigenvalue weighted by molar-refractivity contribution is 0.461. The molecule has 3 aromatic heterocycles. The Labute approximate surface area is 201 Å². The first-order valence-corrected chi connectivity index (χ1v) is 11.3. The van der Waals surface area contributed by atoms with E-state index >= 15 is 0 Å². The smallest absolute Gasteiger partial charge is 0.219 e. The van der Waals surface area contributed by atoms with E-state index in [2.05, 4.69) is 25.6 Å². The van der Waals surface area contributed by atoms with Crippen LogP contribution < -0.4 is 15.4 Å². The minimum absolute atomic E-state index is 0.310. The predicted molar refractivity (Wildman–Crippen MR) is 135 cm³/mol.